The molecule has 5 rings (SSSR count). The Kier molecular flexibility index (Phi) is 5.46. The van der Waals surface area contributed by atoms with Crippen LogP contribution in [0.1, 0.15) is 28.4 Å². The first kappa shape index (κ1) is 22.3. The van der Waals surface area contributed by atoms with Gasteiger partial charge in [0.2, 0.25) is 5.78 Å². The Labute approximate surface area is 202 Å². The third-order valence-electron chi connectivity index (χ3n) is 5.79. The van der Waals surface area contributed by atoms with Crippen LogP contribution in [0.3, 0.4) is 0 Å². The number of Topliss-reactive ketones (excluding diaryl/α,β-unsaturated/α-hetero) is 1. The van der Waals surface area contributed by atoms with Crippen molar-refractivity contribution in [2.24, 2.45) is 0 Å². The molecule has 2 heterocycles. The Hall–Kier alpha value is -3.55. The fourth-order valence-corrected chi connectivity index (χ4v) is 5.13. The van der Waals surface area contributed by atoms with E-state index in [0.29, 0.717) is 21.9 Å². The Bertz CT molecular complexity index is 1580. The maximum absolute atomic E-state index is 13.0. The number of aryl methyl sites for hydroxylation is 1. The highest BCUT2D eigenvalue weighted by Crippen LogP contribution is 2.40. The van der Waals surface area contributed by atoms with Crippen LogP contribution < -0.4 is 8.92 Å². The second-order valence-electron chi connectivity index (χ2n) is 7.88. The number of rotatable bonds is 5. The fourth-order valence-electron chi connectivity index (χ4n) is 4.02. The Morgan fingerprint density at radius 3 is 2.53 bits per heavy atom. The Morgan fingerprint density at radius 2 is 1.79 bits per heavy atom. The number of para-hydroxylation sites is 1. The van der Waals surface area contributed by atoms with E-state index in [2.05, 4.69) is 11.5 Å². The molecule has 0 saturated heterocycles. The number of aromatic nitrogens is 1. The Morgan fingerprint density at radius 1 is 1.06 bits per heavy atom. The number of nitrogens with zero attached hydrogens (tertiary/aromatic N) is 1. The highest BCUT2D eigenvalue weighted by atomic mass is 35.5. The van der Waals surface area contributed by atoms with Gasteiger partial charge in [0, 0.05) is 39.8 Å². The zero-order valence-corrected chi connectivity index (χ0v) is 20.0. The van der Waals surface area contributed by atoms with Crippen molar-refractivity contribution >= 4 is 44.5 Å². The van der Waals surface area contributed by atoms with Crippen LogP contribution in [0.5, 0.6) is 11.5 Å². The number of fused-ring (bicyclic) bond motifs is 2. The number of ketones is 1. The van der Waals surface area contributed by atoms with Gasteiger partial charge in [0.15, 0.2) is 5.76 Å². The van der Waals surface area contributed by atoms with E-state index in [4.69, 9.17) is 20.5 Å². The standard InChI is InChI=1S/C26H20ClNO5S/c1-3-28-15-17(20-6-4-5-7-22(20)28)14-24-25(29)21-12-13-23(16(2)26(21)32-24)33-34(30,31)19-10-8-18(27)9-11-19/h4-15H,3H2,1-2H3. The van der Waals surface area contributed by atoms with Gasteiger partial charge in [-0.25, -0.2) is 0 Å². The molecule has 8 heteroatoms. The molecular formula is C26H20ClNO5S. The average molecular weight is 494 g/mol. The summed E-state index contributed by atoms with van der Waals surface area (Å²) in [6.07, 6.45) is 3.71. The van der Waals surface area contributed by atoms with Crippen LogP contribution >= 0.6 is 11.6 Å². The summed E-state index contributed by atoms with van der Waals surface area (Å²) in [4.78, 5) is 13.0. The molecule has 0 N–H and O–H groups in total. The lowest BCUT2D eigenvalue weighted by Crippen LogP contribution is -2.10. The van der Waals surface area contributed by atoms with Crippen LogP contribution in [0.4, 0.5) is 0 Å². The van der Waals surface area contributed by atoms with Crippen molar-refractivity contribution in [3.8, 4) is 11.5 Å². The molecule has 0 atom stereocenters. The molecule has 0 saturated carbocycles. The lowest BCUT2D eigenvalue weighted by Gasteiger charge is -2.11. The highest BCUT2D eigenvalue weighted by molar-refractivity contribution is 7.87. The molecule has 172 valence electrons. The summed E-state index contributed by atoms with van der Waals surface area (Å²) in [6.45, 7) is 4.50. The topological polar surface area (TPSA) is 74.6 Å². The first-order valence-corrected chi connectivity index (χ1v) is 12.4. The van der Waals surface area contributed by atoms with E-state index in [1.165, 1.54) is 36.4 Å². The Balaban J connectivity index is 1.49. The summed E-state index contributed by atoms with van der Waals surface area (Å²) in [7, 11) is -4.09. The van der Waals surface area contributed by atoms with Gasteiger partial charge < -0.3 is 13.5 Å². The number of carbonyl (C=O) groups is 1. The zero-order valence-electron chi connectivity index (χ0n) is 18.4. The minimum Gasteiger partial charge on any atom is -0.452 e. The van der Waals surface area contributed by atoms with Crippen LogP contribution in [0.15, 0.2) is 77.5 Å². The quantitative estimate of drug-likeness (QED) is 0.251. The van der Waals surface area contributed by atoms with Crippen molar-refractivity contribution < 1.29 is 22.1 Å². The predicted octanol–water partition coefficient (Wildman–Crippen LogP) is 6.01. The number of benzene rings is 3. The molecule has 1 aromatic heterocycles. The molecule has 0 fully saturated rings. The molecule has 0 unspecified atom stereocenters. The van der Waals surface area contributed by atoms with Gasteiger partial charge in [0.1, 0.15) is 16.4 Å². The number of hydrogen-bond acceptors (Lipinski definition) is 5. The van der Waals surface area contributed by atoms with E-state index in [1.807, 2.05) is 30.5 Å². The van der Waals surface area contributed by atoms with Crippen molar-refractivity contribution in [1.29, 1.82) is 0 Å². The zero-order chi connectivity index (χ0) is 24.0. The number of hydrogen-bond donors (Lipinski definition) is 0. The minimum atomic E-state index is -4.09. The third kappa shape index (κ3) is 3.77. The molecule has 6 nitrogen and oxygen atoms in total. The summed E-state index contributed by atoms with van der Waals surface area (Å²) >= 11 is 5.85. The highest BCUT2D eigenvalue weighted by Gasteiger charge is 2.31. The molecule has 0 aliphatic carbocycles. The molecule has 0 bridgehead atoms. The molecule has 0 amide bonds. The average Bonchev–Trinajstić information content (AvgIpc) is 3.34. The summed E-state index contributed by atoms with van der Waals surface area (Å²) in [5.74, 6) is 0.290. The van der Waals surface area contributed by atoms with Gasteiger partial charge in [-0.05, 0) is 62.4 Å². The van der Waals surface area contributed by atoms with Crippen LogP contribution in [0, 0.1) is 6.92 Å². The smallest absolute Gasteiger partial charge is 0.339 e. The normalized spacial score (nSPS) is 14.4. The molecule has 3 aromatic carbocycles. The van der Waals surface area contributed by atoms with E-state index in [1.54, 1.807) is 13.0 Å². The molecule has 4 aromatic rings. The first-order valence-electron chi connectivity index (χ1n) is 10.6. The van der Waals surface area contributed by atoms with Gasteiger partial charge in [0.05, 0.1) is 5.56 Å². The van der Waals surface area contributed by atoms with Crippen molar-refractivity contribution in [3.63, 3.8) is 0 Å². The monoisotopic (exact) mass is 493 g/mol. The molecule has 0 radical (unpaired) electrons. The van der Waals surface area contributed by atoms with Crippen molar-refractivity contribution in [2.75, 3.05) is 0 Å². The summed E-state index contributed by atoms with van der Waals surface area (Å²) in [5.41, 5.74) is 2.72. The van der Waals surface area contributed by atoms with Gasteiger partial charge in [-0.1, -0.05) is 29.8 Å². The number of carbonyl (C=O) groups excluding carboxylic acids is 1. The molecule has 1 aliphatic heterocycles. The summed E-state index contributed by atoms with van der Waals surface area (Å²) in [6, 6.07) is 16.6. The summed E-state index contributed by atoms with van der Waals surface area (Å²) < 4.78 is 38.8. The maximum atomic E-state index is 13.0. The van der Waals surface area contributed by atoms with E-state index >= 15 is 0 Å². The largest absolute Gasteiger partial charge is 0.452 e. The van der Waals surface area contributed by atoms with Gasteiger partial charge in [-0.3, -0.25) is 4.79 Å². The van der Waals surface area contributed by atoms with Gasteiger partial charge in [-0.2, -0.15) is 8.42 Å². The van der Waals surface area contributed by atoms with E-state index in [-0.39, 0.29) is 22.2 Å². The predicted molar refractivity (Wildman–Crippen MR) is 131 cm³/mol. The third-order valence-corrected chi connectivity index (χ3v) is 7.29. The summed E-state index contributed by atoms with van der Waals surface area (Å²) in [5, 5.41) is 1.43. The van der Waals surface area contributed by atoms with Crippen molar-refractivity contribution in [3.05, 3.63) is 94.3 Å². The molecule has 0 spiro atoms. The maximum Gasteiger partial charge on any atom is 0.339 e. The number of allylic oxidation sites excluding steroid dienone is 1. The van der Waals surface area contributed by atoms with Crippen LogP contribution in [0.2, 0.25) is 5.02 Å². The number of halogens is 1. The van der Waals surface area contributed by atoms with Crippen LogP contribution in [0.25, 0.3) is 17.0 Å². The van der Waals surface area contributed by atoms with Crippen molar-refractivity contribution in [2.45, 2.75) is 25.3 Å². The molecule has 34 heavy (non-hydrogen) atoms. The minimum absolute atomic E-state index is 0.0262. The molecule has 1 aliphatic rings. The van der Waals surface area contributed by atoms with Crippen LogP contribution in [-0.4, -0.2) is 18.8 Å². The van der Waals surface area contributed by atoms with E-state index < -0.39 is 10.1 Å². The number of ether oxygens (including phenoxy) is 1. The van der Waals surface area contributed by atoms with Crippen LogP contribution in [-0.2, 0) is 16.7 Å². The second kappa shape index (κ2) is 8.34. The van der Waals surface area contributed by atoms with E-state index in [9.17, 15) is 13.2 Å². The SMILES string of the molecule is CCn1cc(C=C2Oc3c(ccc(OS(=O)(=O)c4ccc(Cl)cc4)c3C)C2=O)c2ccccc21. The lowest BCUT2D eigenvalue weighted by molar-refractivity contribution is 0.101. The van der Waals surface area contributed by atoms with Gasteiger partial charge in [0.25, 0.3) is 0 Å². The van der Waals surface area contributed by atoms with E-state index in [0.717, 1.165) is 23.0 Å². The fraction of sp³-hybridized carbons (Fsp3) is 0.115. The second-order valence-corrected chi connectivity index (χ2v) is 9.87. The molecular weight excluding hydrogens is 474 g/mol. The first-order chi connectivity index (χ1) is 16.3. The lowest BCUT2D eigenvalue weighted by atomic mass is 10.1. The van der Waals surface area contributed by atoms with Gasteiger partial charge in [-0.15, -0.1) is 0 Å². The van der Waals surface area contributed by atoms with Gasteiger partial charge >= 0.3 is 10.1 Å². The van der Waals surface area contributed by atoms with Crippen molar-refractivity contribution in [1.82, 2.24) is 4.57 Å².